The molecule has 1 aliphatic carbocycles. The number of nitrogens with zero attached hydrogens (tertiary/aromatic N) is 4. The summed E-state index contributed by atoms with van der Waals surface area (Å²) < 4.78 is 41.1. The van der Waals surface area contributed by atoms with Crippen LogP contribution < -0.4 is 21.1 Å². The summed E-state index contributed by atoms with van der Waals surface area (Å²) >= 11 is 0. The molecule has 0 saturated heterocycles. The van der Waals surface area contributed by atoms with E-state index in [2.05, 4.69) is 14.7 Å². The van der Waals surface area contributed by atoms with Gasteiger partial charge in [-0.05, 0) is 37.8 Å². The van der Waals surface area contributed by atoms with Crippen molar-refractivity contribution < 1.29 is 22.8 Å². The van der Waals surface area contributed by atoms with E-state index < -0.39 is 28.4 Å². The lowest BCUT2D eigenvalue weighted by atomic mass is 9.87. The maximum absolute atomic E-state index is 12.4. The van der Waals surface area contributed by atoms with Crippen molar-refractivity contribution in [2.24, 2.45) is 21.5 Å². The molecule has 1 spiro atoms. The van der Waals surface area contributed by atoms with Gasteiger partial charge >= 0.3 is 6.36 Å². The van der Waals surface area contributed by atoms with Crippen molar-refractivity contribution in [1.29, 1.82) is 0 Å². The third-order valence-electron chi connectivity index (χ3n) is 4.47. The van der Waals surface area contributed by atoms with Crippen LogP contribution in [0.25, 0.3) is 0 Å². The number of hydrogen-bond acceptors (Lipinski definition) is 8. The lowest BCUT2D eigenvalue weighted by Crippen LogP contribution is -2.58. The largest absolute Gasteiger partial charge is 0.573 e. The number of alkyl halides is 3. The van der Waals surface area contributed by atoms with Crippen molar-refractivity contribution in [1.82, 2.24) is 0 Å². The normalized spacial score (nSPS) is 19.4. The Morgan fingerprint density at radius 1 is 1.22 bits per heavy atom. The molecule has 0 bridgehead atoms. The molecule has 0 radical (unpaired) electrons. The molecule has 0 amide bonds. The number of rotatable bonds is 3. The summed E-state index contributed by atoms with van der Waals surface area (Å²) in [5.41, 5.74) is 10.2. The quantitative estimate of drug-likeness (QED) is 0.606. The average Bonchev–Trinajstić information content (AvgIpc) is 2.54. The zero-order valence-corrected chi connectivity index (χ0v) is 14.1. The molecule has 27 heavy (non-hydrogen) atoms. The first-order valence-corrected chi connectivity index (χ1v) is 8.15. The summed E-state index contributed by atoms with van der Waals surface area (Å²) in [7, 11) is 0. The van der Waals surface area contributed by atoms with E-state index in [-0.39, 0.29) is 17.6 Å². The van der Waals surface area contributed by atoms with E-state index in [9.17, 15) is 23.3 Å². The second-order valence-electron chi connectivity index (χ2n) is 6.27. The molecule has 1 aromatic carbocycles. The highest BCUT2D eigenvalue weighted by Gasteiger charge is 2.45. The fourth-order valence-electron chi connectivity index (χ4n) is 3.51. The van der Waals surface area contributed by atoms with Crippen LogP contribution >= 0.6 is 0 Å². The second kappa shape index (κ2) is 6.59. The lowest BCUT2D eigenvalue weighted by molar-refractivity contribution is -0.384. The van der Waals surface area contributed by atoms with Gasteiger partial charge in [-0.2, -0.15) is 4.99 Å². The van der Waals surface area contributed by atoms with Crippen molar-refractivity contribution in [2.75, 3.05) is 4.90 Å². The van der Waals surface area contributed by atoms with Crippen LogP contribution in [0.2, 0.25) is 0 Å². The summed E-state index contributed by atoms with van der Waals surface area (Å²) in [4.78, 5) is 20.4. The van der Waals surface area contributed by atoms with Gasteiger partial charge in [0.25, 0.3) is 5.69 Å². The van der Waals surface area contributed by atoms with Crippen molar-refractivity contribution in [2.45, 2.75) is 44.1 Å². The SMILES string of the molecule is NC1=NC2(CCCCC2)N(c2ccc(OC(F)(F)F)cc2[N+](=O)[O-])C(N)=N1. The second-order valence-corrected chi connectivity index (χ2v) is 6.27. The number of ether oxygens (including phenoxy) is 1. The van der Waals surface area contributed by atoms with E-state index in [0.717, 1.165) is 31.4 Å². The predicted molar refractivity (Wildman–Crippen MR) is 91.3 cm³/mol. The maximum atomic E-state index is 12.4. The van der Waals surface area contributed by atoms with E-state index >= 15 is 0 Å². The van der Waals surface area contributed by atoms with E-state index in [4.69, 9.17) is 11.5 Å². The molecule has 9 nitrogen and oxygen atoms in total. The molecule has 4 N–H and O–H groups in total. The summed E-state index contributed by atoms with van der Waals surface area (Å²) in [5, 5.41) is 11.5. The number of nitro groups is 1. The first kappa shape index (κ1) is 18.7. The number of benzene rings is 1. The van der Waals surface area contributed by atoms with E-state index in [1.165, 1.54) is 4.90 Å². The monoisotopic (exact) mass is 386 g/mol. The van der Waals surface area contributed by atoms with Gasteiger partial charge in [-0.25, -0.2) is 4.99 Å². The molecule has 146 valence electrons. The Kier molecular flexibility index (Phi) is 4.57. The van der Waals surface area contributed by atoms with E-state index in [1.54, 1.807) is 0 Å². The van der Waals surface area contributed by atoms with Crippen LogP contribution in [0.15, 0.2) is 28.2 Å². The molecule has 1 fully saturated rings. The number of halogens is 3. The maximum Gasteiger partial charge on any atom is 0.573 e. The Labute approximate surface area is 151 Å². The molecule has 0 aromatic heterocycles. The summed E-state index contributed by atoms with van der Waals surface area (Å²) in [6.07, 6.45) is -1.36. The molecular formula is C15H17F3N6O3. The van der Waals surface area contributed by atoms with Crippen LogP contribution in [0.4, 0.5) is 24.5 Å². The summed E-state index contributed by atoms with van der Waals surface area (Å²) in [5.74, 6) is -0.839. The van der Waals surface area contributed by atoms with Gasteiger partial charge in [-0.15, -0.1) is 13.2 Å². The summed E-state index contributed by atoms with van der Waals surface area (Å²) in [6.45, 7) is 0. The van der Waals surface area contributed by atoms with Crippen LogP contribution in [-0.2, 0) is 0 Å². The zero-order chi connectivity index (χ0) is 19.8. The predicted octanol–water partition coefficient (Wildman–Crippen LogP) is 2.60. The highest BCUT2D eigenvalue weighted by molar-refractivity contribution is 6.06. The molecule has 1 aliphatic heterocycles. The number of hydrogen-bond donors (Lipinski definition) is 2. The van der Waals surface area contributed by atoms with Gasteiger partial charge < -0.3 is 16.2 Å². The Morgan fingerprint density at radius 3 is 2.48 bits per heavy atom. The van der Waals surface area contributed by atoms with Crippen LogP contribution in [0.1, 0.15) is 32.1 Å². The van der Waals surface area contributed by atoms with Gasteiger partial charge in [0.15, 0.2) is 0 Å². The molecule has 0 atom stereocenters. The van der Waals surface area contributed by atoms with Crippen LogP contribution in [0.5, 0.6) is 5.75 Å². The molecule has 1 heterocycles. The Bertz CT molecular complexity index is 818. The smallest absolute Gasteiger partial charge is 0.406 e. The Hall–Kier alpha value is -3.05. The van der Waals surface area contributed by atoms with Crippen molar-refractivity contribution >= 4 is 23.3 Å². The van der Waals surface area contributed by atoms with Crippen molar-refractivity contribution in [3.05, 3.63) is 28.3 Å². The minimum atomic E-state index is -4.97. The molecule has 0 unspecified atom stereocenters. The van der Waals surface area contributed by atoms with Gasteiger partial charge in [0.05, 0.1) is 11.0 Å². The van der Waals surface area contributed by atoms with Gasteiger partial charge in [-0.1, -0.05) is 6.42 Å². The van der Waals surface area contributed by atoms with E-state index in [0.29, 0.717) is 18.9 Å². The zero-order valence-electron chi connectivity index (χ0n) is 14.1. The van der Waals surface area contributed by atoms with Gasteiger partial charge in [0, 0.05) is 0 Å². The highest BCUT2D eigenvalue weighted by Crippen LogP contribution is 2.43. The fraction of sp³-hybridized carbons (Fsp3) is 0.467. The van der Waals surface area contributed by atoms with Crippen LogP contribution in [-0.4, -0.2) is 28.9 Å². The van der Waals surface area contributed by atoms with Crippen molar-refractivity contribution in [3.63, 3.8) is 0 Å². The van der Waals surface area contributed by atoms with Crippen LogP contribution in [0.3, 0.4) is 0 Å². The van der Waals surface area contributed by atoms with Crippen LogP contribution in [0, 0.1) is 10.1 Å². The van der Waals surface area contributed by atoms with Crippen molar-refractivity contribution in [3.8, 4) is 5.75 Å². The minimum Gasteiger partial charge on any atom is -0.406 e. The Morgan fingerprint density at radius 2 is 1.89 bits per heavy atom. The number of nitro benzene ring substituents is 1. The van der Waals surface area contributed by atoms with Gasteiger partial charge in [0.2, 0.25) is 11.9 Å². The molecule has 12 heteroatoms. The molecular weight excluding hydrogens is 369 g/mol. The third kappa shape index (κ3) is 3.73. The number of guanidine groups is 2. The lowest BCUT2D eigenvalue weighted by Gasteiger charge is -2.45. The minimum absolute atomic E-state index is 0.0195. The molecule has 1 saturated carbocycles. The van der Waals surface area contributed by atoms with Gasteiger partial charge in [0.1, 0.15) is 17.1 Å². The number of aliphatic imine (C=N–C) groups is 2. The molecule has 2 aliphatic rings. The average molecular weight is 386 g/mol. The Balaban J connectivity index is 2.10. The number of nitrogens with two attached hydrogens (primary N) is 2. The molecule has 3 rings (SSSR count). The first-order chi connectivity index (χ1) is 12.6. The first-order valence-electron chi connectivity index (χ1n) is 8.15. The summed E-state index contributed by atoms with van der Waals surface area (Å²) in [6, 6.07) is 2.84. The van der Waals surface area contributed by atoms with E-state index in [1.807, 2.05) is 0 Å². The van der Waals surface area contributed by atoms with Gasteiger partial charge in [-0.3, -0.25) is 15.0 Å². The standard InChI is InChI=1S/C15H17F3N6O3/c16-15(17,18)27-9-4-5-10(11(8-9)24(25)26)23-13(20)21-12(19)22-14(23)6-2-1-3-7-14/h4-5,8H,1-3,6-7H2,(H4,19,20,21,22). The number of anilines is 1. The third-order valence-corrected chi connectivity index (χ3v) is 4.47. The highest BCUT2D eigenvalue weighted by atomic mass is 19.4. The molecule has 1 aromatic rings. The topological polar surface area (TPSA) is 132 Å². The fourth-order valence-corrected chi connectivity index (χ4v) is 3.51.